The van der Waals surface area contributed by atoms with Crippen LogP contribution >= 0.6 is 12.2 Å². The molecule has 0 aliphatic carbocycles. The highest BCUT2D eigenvalue weighted by Gasteiger charge is 2.01. The second kappa shape index (κ2) is 6.20. The zero-order valence-electron chi connectivity index (χ0n) is 10.2. The number of nitrogens with one attached hydrogen (secondary N) is 2. The summed E-state index contributed by atoms with van der Waals surface area (Å²) in [6.07, 6.45) is 3.60. The SMILES string of the molecule is CCn1ccc(CNC(=S)NCc2ccco2)n1. The van der Waals surface area contributed by atoms with E-state index in [2.05, 4.69) is 22.7 Å². The van der Waals surface area contributed by atoms with Crippen LogP contribution < -0.4 is 10.6 Å². The molecule has 0 amide bonds. The number of furan rings is 1. The van der Waals surface area contributed by atoms with E-state index in [0.717, 1.165) is 18.0 Å². The van der Waals surface area contributed by atoms with Crippen molar-refractivity contribution in [3.63, 3.8) is 0 Å². The molecule has 96 valence electrons. The molecule has 2 aromatic rings. The predicted molar refractivity (Wildman–Crippen MR) is 72.9 cm³/mol. The lowest BCUT2D eigenvalue weighted by atomic mass is 10.4. The minimum Gasteiger partial charge on any atom is -0.467 e. The zero-order valence-corrected chi connectivity index (χ0v) is 11.0. The van der Waals surface area contributed by atoms with Crippen molar-refractivity contribution in [1.82, 2.24) is 20.4 Å². The molecular formula is C12H16N4OS. The Hall–Kier alpha value is -1.82. The van der Waals surface area contributed by atoms with Gasteiger partial charge in [0.2, 0.25) is 0 Å². The van der Waals surface area contributed by atoms with Crippen LogP contribution in [0.5, 0.6) is 0 Å². The van der Waals surface area contributed by atoms with Crippen LogP contribution in [0.2, 0.25) is 0 Å². The maximum Gasteiger partial charge on any atom is 0.166 e. The van der Waals surface area contributed by atoms with Gasteiger partial charge in [0.15, 0.2) is 5.11 Å². The van der Waals surface area contributed by atoms with Gasteiger partial charge < -0.3 is 15.1 Å². The van der Waals surface area contributed by atoms with E-state index in [1.807, 2.05) is 29.1 Å². The van der Waals surface area contributed by atoms with Gasteiger partial charge in [-0.15, -0.1) is 0 Å². The van der Waals surface area contributed by atoms with Gasteiger partial charge in [-0.25, -0.2) is 0 Å². The summed E-state index contributed by atoms with van der Waals surface area (Å²) >= 11 is 5.16. The second-order valence-corrected chi connectivity index (χ2v) is 4.19. The van der Waals surface area contributed by atoms with E-state index in [0.29, 0.717) is 18.2 Å². The molecule has 2 aromatic heterocycles. The van der Waals surface area contributed by atoms with E-state index in [1.165, 1.54) is 0 Å². The molecule has 0 aromatic carbocycles. The highest BCUT2D eigenvalue weighted by Crippen LogP contribution is 1.98. The summed E-state index contributed by atoms with van der Waals surface area (Å²) in [6, 6.07) is 5.73. The number of hydrogen-bond acceptors (Lipinski definition) is 3. The van der Waals surface area contributed by atoms with Crippen LogP contribution in [0, 0.1) is 0 Å². The summed E-state index contributed by atoms with van der Waals surface area (Å²) < 4.78 is 7.08. The van der Waals surface area contributed by atoms with E-state index < -0.39 is 0 Å². The van der Waals surface area contributed by atoms with Gasteiger partial charge >= 0.3 is 0 Å². The van der Waals surface area contributed by atoms with Crippen LogP contribution in [-0.2, 0) is 19.6 Å². The van der Waals surface area contributed by atoms with E-state index >= 15 is 0 Å². The maximum absolute atomic E-state index is 5.20. The predicted octanol–water partition coefficient (Wildman–Crippen LogP) is 1.66. The molecule has 0 aliphatic heterocycles. The Morgan fingerprint density at radius 1 is 1.39 bits per heavy atom. The third-order valence-corrected chi connectivity index (χ3v) is 2.74. The molecule has 18 heavy (non-hydrogen) atoms. The molecule has 2 N–H and O–H groups in total. The van der Waals surface area contributed by atoms with Crippen molar-refractivity contribution in [1.29, 1.82) is 0 Å². The monoisotopic (exact) mass is 264 g/mol. The highest BCUT2D eigenvalue weighted by molar-refractivity contribution is 7.80. The highest BCUT2D eigenvalue weighted by atomic mass is 32.1. The fraction of sp³-hybridized carbons (Fsp3) is 0.333. The topological polar surface area (TPSA) is 55.0 Å². The van der Waals surface area contributed by atoms with Crippen LogP contribution in [0.15, 0.2) is 35.1 Å². The number of hydrogen-bond donors (Lipinski definition) is 2. The fourth-order valence-electron chi connectivity index (χ4n) is 1.49. The Morgan fingerprint density at radius 3 is 2.89 bits per heavy atom. The van der Waals surface area contributed by atoms with Crippen LogP contribution in [0.3, 0.4) is 0 Å². The normalized spacial score (nSPS) is 10.3. The number of aryl methyl sites for hydroxylation is 1. The number of nitrogens with zero attached hydrogens (tertiary/aromatic N) is 2. The first-order valence-corrected chi connectivity index (χ1v) is 6.25. The third-order valence-electron chi connectivity index (χ3n) is 2.45. The standard InChI is InChI=1S/C12H16N4OS/c1-2-16-6-5-10(15-16)8-13-12(18)14-9-11-4-3-7-17-11/h3-7H,2,8-9H2,1H3,(H2,13,14,18). The number of aromatic nitrogens is 2. The van der Waals surface area contributed by atoms with E-state index in [4.69, 9.17) is 16.6 Å². The Bertz CT molecular complexity index is 492. The summed E-state index contributed by atoms with van der Waals surface area (Å²) in [4.78, 5) is 0. The molecule has 0 spiro atoms. The lowest BCUT2D eigenvalue weighted by Crippen LogP contribution is -2.34. The Balaban J connectivity index is 1.71. The molecule has 0 fully saturated rings. The van der Waals surface area contributed by atoms with Gasteiger partial charge in [-0.3, -0.25) is 4.68 Å². The molecule has 0 aliphatic rings. The largest absolute Gasteiger partial charge is 0.467 e. The van der Waals surface area contributed by atoms with Crippen molar-refractivity contribution in [2.75, 3.05) is 0 Å². The average molecular weight is 264 g/mol. The van der Waals surface area contributed by atoms with Crippen LogP contribution in [0.1, 0.15) is 18.4 Å². The summed E-state index contributed by atoms with van der Waals surface area (Å²) in [5.74, 6) is 0.856. The van der Waals surface area contributed by atoms with Crippen molar-refractivity contribution in [3.8, 4) is 0 Å². The van der Waals surface area contributed by atoms with Crippen molar-refractivity contribution >= 4 is 17.3 Å². The molecule has 0 unspecified atom stereocenters. The van der Waals surface area contributed by atoms with E-state index in [-0.39, 0.29) is 0 Å². The Kier molecular flexibility index (Phi) is 4.35. The van der Waals surface area contributed by atoms with Crippen molar-refractivity contribution in [3.05, 3.63) is 42.1 Å². The van der Waals surface area contributed by atoms with Gasteiger partial charge in [-0.1, -0.05) is 0 Å². The van der Waals surface area contributed by atoms with Gasteiger partial charge in [0.1, 0.15) is 5.76 Å². The van der Waals surface area contributed by atoms with Gasteiger partial charge in [0.25, 0.3) is 0 Å². The maximum atomic E-state index is 5.20. The van der Waals surface area contributed by atoms with Gasteiger partial charge in [0.05, 0.1) is 25.0 Å². The number of rotatable bonds is 5. The quantitative estimate of drug-likeness (QED) is 0.804. The average Bonchev–Trinajstić information content (AvgIpc) is 3.04. The first kappa shape index (κ1) is 12.6. The lowest BCUT2D eigenvalue weighted by Gasteiger charge is -2.07. The first-order valence-electron chi connectivity index (χ1n) is 5.84. The molecule has 0 saturated carbocycles. The lowest BCUT2D eigenvalue weighted by molar-refractivity contribution is 0.502. The van der Waals surface area contributed by atoms with Crippen LogP contribution in [0.25, 0.3) is 0 Å². The molecule has 0 atom stereocenters. The molecule has 0 saturated heterocycles. The Morgan fingerprint density at radius 2 is 2.22 bits per heavy atom. The molecule has 0 bridgehead atoms. The van der Waals surface area contributed by atoms with Gasteiger partial charge in [-0.05, 0) is 37.3 Å². The van der Waals surface area contributed by atoms with Crippen LogP contribution in [0.4, 0.5) is 0 Å². The fourth-order valence-corrected chi connectivity index (χ4v) is 1.63. The Labute approximate surface area is 111 Å². The summed E-state index contributed by atoms with van der Waals surface area (Å²) in [6.45, 7) is 4.14. The zero-order chi connectivity index (χ0) is 12.8. The minimum atomic E-state index is 0.586. The second-order valence-electron chi connectivity index (χ2n) is 3.78. The molecule has 0 radical (unpaired) electrons. The van der Waals surface area contributed by atoms with Gasteiger partial charge in [0, 0.05) is 12.7 Å². The van der Waals surface area contributed by atoms with Crippen molar-refractivity contribution < 1.29 is 4.42 Å². The summed E-state index contributed by atoms with van der Waals surface area (Å²) in [5.41, 5.74) is 0.971. The number of thiocarbonyl (C=S) groups is 1. The molecule has 5 nitrogen and oxygen atoms in total. The van der Waals surface area contributed by atoms with E-state index in [9.17, 15) is 0 Å². The van der Waals surface area contributed by atoms with E-state index in [1.54, 1.807) is 6.26 Å². The van der Waals surface area contributed by atoms with Crippen molar-refractivity contribution in [2.45, 2.75) is 26.6 Å². The summed E-state index contributed by atoms with van der Waals surface area (Å²) in [7, 11) is 0. The molecule has 6 heteroatoms. The molecule has 2 heterocycles. The molecule has 2 rings (SSSR count). The van der Waals surface area contributed by atoms with Crippen LogP contribution in [-0.4, -0.2) is 14.9 Å². The third kappa shape index (κ3) is 3.59. The first-order chi connectivity index (χ1) is 8.78. The minimum absolute atomic E-state index is 0.586. The molecular weight excluding hydrogens is 248 g/mol. The summed E-state index contributed by atoms with van der Waals surface area (Å²) in [5, 5.41) is 11.1. The van der Waals surface area contributed by atoms with Gasteiger partial charge in [-0.2, -0.15) is 5.10 Å². The smallest absolute Gasteiger partial charge is 0.166 e. The van der Waals surface area contributed by atoms with Crippen molar-refractivity contribution in [2.24, 2.45) is 0 Å².